The van der Waals surface area contributed by atoms with E-state index in [1.54, 1.807) is 0 Å². The molecule has 0 fully saturated rings. The van der Waals surface area contributed by atoms with Gasteiger partial charge in [0, 0.05) is 36.4 Å². The van der Waals surface area contributed by atoms with Crippen molar-refractivity contribution in [2.24, 2.45) is 7.05 Å². The number of hydrogen-bond donors (Lipinski definition) is 2. The van der Waals surface area contributed by atoms with E-state index in [0.29, 0.717) is 0 Å². The number of nitrogens with zero attached hydrogens (tertiary/aromatic N) is 3. The molecule has 0 bridgehead atoms. The zero-order chi connectivity index (χ0) is 13.2. The van der Waals surface area contributed by atoms with Crippen LogP contribution in [0.3, 0.4) is 0 Å². The van der Waals surface area contributed by atoms with E-state index in [-0.39, 0.29) is 0 Å². The zero-order valence-corrected chi connectivity index (χ0v) is 11.1. The number of benzene rings is 1. The van der Waals surface area contributed by atoms with Crippen LogP contribution in [0.4, 0.5) is 5.69 Å². The highest BCUT2D eigenvalue weighted by Gasteiger charge is 2.05. The highest BCUT2D eigenvalue weighted by molar-refractivity contribution is 5.81. The van der Waals surface area contributed by atoms with Gasteiger partial charge < -0.3 is 5.32 Å². The first-order valence-electron chi connectivity index (χ1n) is 6.44. The van der Waals surface area contributed by atoms with Crippen molar-refractivity contribution in [3.63, 3.8) is 0 Å². The van der Waals surface area contributed by atoms with Crippen molar-refractivity contribution in [3.05, 3.63) is 41.9 Å². The van der Waals surface area contributed by atoms with Gasteiger partial charge in [-0.2, -0.15) is 10.2 Å². The smallest absolute Gasteiger partial charge is 0.0671 e. The molecule has 0 unspecified atom stereocenters. The minimum atomic E-state index is 0.788. The standard InChI is InChI=1S/C14H17N5/c1-3-13-11(9-19(2)18-13)7-15-12-5-4-10-8-16-17-14(10)6-12/h4-6,8-9,15H,3,7H2,1-2H3,(H,16,17). The molecule has 98 valence electrons. The van der Waals surface area contributed by atoms with Crippen LogP contribution in [0, 0.1) is 0 Å². The maximum absolute atomic E-state index is 4.44. The lowest BCUT2D eigenvalue weighted by molar-refractivity contribution is 0.746. The third-order valence-electron chi connectivity index (χ3n) is 3.25. The molecule has 19 heavy (non-hydrogen) atoms. The molecule has 3 aromatic rings. The predicted octanol–water partition coefficient (Wildman–Crippen LogP) is 2.47. The summed E-state index contributed by atoms with van der Waals surface area (Å²) >= 11 is 0. The van der Waals surface area contributed by atoms with Gasteiger partial charge in [-0.25, -0.2) is 0 Å². The van der Waals surface area contributed by atoms with Crippen LogP contribution in [-0.2, 0) is 20.0 Å². The number of hydrogen-bond acceptors (Lipinski definition) is 3. The van der Waals surface area contributed by atoms with Crippen LogP contribution in [0.15, 0.2) is 30.6 Å². The topological polar surface area (TPSA) is 58.5 Å². The highest BCUT2D eigenvalue weighted by atomic mass is 15.3. The van der Waals surface area contributed by atoms with Gasteiger partial charge in [0.1, 0.15) is 0 Å². The third-order valence-corrected chi connectivity index (χ3v) is 3.25. The molecule has 3 rings (SSSR count). The van der Waals surface area contributed by atoms with E-state index >= 15 is 0 Å². The predicted molar refractivity (Wildman–Crippen MR) is 76.0 cm³/mol. The molecule has 5 heteroatoms. The Kier molecular flexibility index (Phi) is 2.95. The zero-order valence-electron chi connectivity index (χ0n) is 11.1. The van der Waals surface area contributed by atoms with Crippen LogP contribution in [0.1, 0.15) is 18.2 Å². The molecular weight excluding hydrogens is 238 g/mol. The second-order valence-corrected chi connectivity index (χ2v) is 4.65. The molecule has 0 aliphatic rings. The fraction of sp³-hybridized carbons (Fsp3) is 0.286. The fourth-order valence-electron chi connectivity index (χ4n) is 2.27. The van der Waals surface area contributed by atoms with Crippen molar-refractivity contribution in [1.29, 1.82) is 0 Å². The molecule has 2 heterocycles. The third kappa shape index (κ3) is 2.31. The summed E-state index contributed by atoms with van der Waals surface area (Å²) in [6, 6.07) is 6.20. The van der Waals surface area contributed by atoms with Gasteiger partial charge >= 0.3 is 0 Å². The van der Waals surface area contributed by atoms with Gasteiger partial charge in [-0.15, -0.1) is 0 Å². The summed E-state index contributed by atoms with van der Waals surface area (Å²) in [5, 5.41) is 16.0. The average Bonchev–Trinajstić information content (AvgIpc) is 3.01. The Bertz CT molecular complexity index is 695. The van der Waals surface area contributed by atoms with Crippen LogP contribution in [0.5, 0.6) is 0 Å². The Labute approximate surface area is 111 Å². The van der Waals surface area contributed by atoms with Gasteiger partial charge in [0.05, 0.1) is 17.4 Å². The number of aryl methyl sites for hydroxylation is 2. The van der Waals surface area contributed by atoms with Crippen LogP contribution in [0.25, 0.3) is 10.9 Å². The Morgan fingerprint density at radius 2 is 2.26 bits per heavy atom. The molecule has 0 spiro atoms. The van der Waals surface area contributed by atoms with E-state index < -0.39 is 0 Å². The van der Waals surface area contributed by atoms with Crippen molar-refractivity contribution >= 4 is 16.6 Å². The van der Waals surface area contributed by atoms with E-state index in [4.69, 9.17) is 0 Å². The van der Waals surface area contributed by atoms with Gasteiger partial charge in [-0.3, -0.25) is 9.78 Å². The molecule has 5 nitrogen and oxygen atoms in total. The minimum Gasteiger partial charge on any atom is -0.381 e. The van der Waals surface area contributed by atoms with Gasteiger partial charge in [-0.05, 0) is 24.6 Å². The largest absolute Gasteiger partial charge is 0.381 e. The number of H-pyrrole nitrogens is 1. The summed E-state index contributed by atoms with van der Waals surface area (Å²) in [5.74, 6) is 0. The second kappa shape index (κ2) is 4.76. The molecule has 0 radical (unpaired) electrons. The summed E-state index contributed by atoms with van der Waals surface area (Å²) in [4.78, 5) is 0. The monoisotopic (exact) mass is 255 g/mol. The maximum atomic E-state index is 4.44. The molecule has 0 saturated carbocycles. The van der Waals surface area contributed by atoms with Crippen LogP contribution in [-0.4, -0.2) is 20.0 Å². The SMILES string of the molecule is CCc1nn(C)cc1CNc1ccc2cn[nH]c2c1. The fourth-order valence-corrected chi connectivity index (χ4v) is 2.27. The molecule has 2 N–H and O–H groups in total. The van der Waals surface area contributed by atoms with Crippen LogP contribution < -0.4 is 5.32 Å². The van der Waals surface area contributed by atoms with E-state index in [2.05, 4.69) is 51.9 Å². The summed E-state index contributed by atoms with van der Waals surface area (Å²) in [6.07, 6.45) is 4.85. The first-order valence-corrected chi connectivity index (χ1v) is 6.44. The van der Waals surface area contributed by atoms with Crippen LogP contribution in [0.2, 0.25) is 0 Å². The molecule has 2 aromatic heterocycles. The maximum Gasteiger partial charge on any atom is 0.0671 e. The summed E-state index contributed by atoms with van der Waals surface area (Å²) in [6.45, 7) is 2.92. The summed E-state index contributed by atoms with van der Waals surface area (Å²) in [7, 11) is 1.96. The lowest BCUT2D eigenvalue weighted by atomic mass is 10.2. The molecule has 1 aromatic carbocycles. The molecule has 0 aliphatic carbocycles. The lowest BCUT2D eigenvalue weighted by Gasteiger charge is -2.06. The number of nitrogens with one attached hydrogen (secondary N) is 2. The van der Waals surface area contributed by atoms with E-state index in [9.17, 15) is 0 Å². The average molecular weight is 255 g/mol. The first kappa shape index (κ1) is 11.8. The van der Waals surface area contributed by atoms with Crippen LogP contribution >= 0.6 is 0 Å². The molecular formula is C14H17N5. The van der Waals surface area contributed by atoms with Crippen molar-refractivity contribution < 1.29 is 0 Å². The van der Waals surface area contributed by atoms with Gasteiger partial charge in [0.2, 0.25) is 0 Å². The number of fused-ring (bicyclic) bond motifs is 1. The molecule has 0 saturated heterocycles. The van der Waals surface area contributed by atoms with Crippen molar-refractivity contribution in [3.8, 4) is 0 Å². The van der Waals surface area contributed by atoms with Crippen molar-refractivity contribution in [2.45, 2.75) is 19.9 Å². The number of aromatic nitrogens is 4. The second-order valence-electron chi connectivity index (χ2n) is 4.65. The van der Waals surface area contributed by atoms with Crippen molar-refractivity contribution in [2.75, 3.05) is 5.32 Å². The van der Waals surface area contributed by atoms with E-state index in [0.717, 1.165) is 35.2 Å². The van der Waals surface area contributed by atoms with E-state index in [1.165, 1.54) is 5.56 Å². The Morgan fingerprint density at radius 1 is 1.37 bits per heavy atom. The lowest BCUT2D eigenvalue weighted by Crippen LogP contribution is -2.00. The number of rotatable bonds is 4. The number of anilines is 1. The first-order chi connectivity index (χ1) is 9.26. The Morgan fingerprint density at radius 3 is 3.11 bits per heavy atom. The van der Waals surface area contributed by atoms with E-state index in [1.807, 2.05) is 17.9 Å². The minimum absolute atomic E-state index is 0.788. The number of aromatic amines is 1. The molecule has 0 atom stereocenters. The normalized spacial score (nSPS) is 11.1. The highest BCUT2D eigenvalue weighted by Crippen LogP contribution is 2.18. The van der Waals surface area contributed by atoms with Gasteiger partial charge in [-0.1, -0.05) is 6.92 Å². The summed E-state index contributed by atoms with van der Waals surface area (Å²) < 4.78 is 1.87. The molecule has 0 aliphatic heterocycles. The Hall–Kier alpha value is -2.30. The Balaban J connectivity index is 1.77. The summed E-state index contributed by atoms with van der Waals surface area (Å²) in [5.41, 5.74) is 4.53. The van der Waals surface area contributed by atoms with Gasteiger partial charge in [0.25, 0.3) is 0 Å². The van der Waals surface area contributed by atoms with Crippen molar-refractivity contribution in [1.82, 2.24) is 20.0 Å². The quantitative estimate of drug-likeness (QED) is 0.753. The van der Waals surface area contributed by atoms with Gasteiger partial charge in [0.15, 0.2) is 0 Å². The molecule has 0 amide bonds.